The van der Waals surface area contributed by atoms with E-state index in [9.17, 15) is 9.59 Å². The number of aromatic nitrogens is 2. The van der Waals surface area contributed by atoms with Crippen LogP contribution in [0.15, 0.2) is 24.5 Å². The highest BCUT2D eigenvalue weighted by Crippen LogP contribution is 2.23. The lowest BCUT2D eigenvalue weighted by atomic mass is 10.1. The van der Waals surface area contributed by atoms with Crippen molar-refractivity contribution < 1.29 is 14.3 Å². The summed E-state index contributed by atoms with van der Waals surface area (Å²) in [7, 11) is 1.83. The Hall–Kier alpha value is -2.90. The molecule has 1 aliphatic rings. The largest absolute Gasteiger partial charge is 0.444 e. The first-order valence-electron chi connectivity index (χ1n) is 9.32. The highest BCUT2D eigenvalue weighted by Gasteiger charge is 2.34. The molecule has 150 valence electrons. The number of carbonyl (C=O) groups excluding carboxylic acids is 2. The molecule has 0 spiro atoms. The zero-order chi connectivity index (χ0) is 20.5. The van der Waals surface area contributed by atoms with Crippen molar-refractivity contribution in [1.82, 2.24) is 20.2 Å². The molecule has 0 saturated carbocycles. The van der Waals surface area contributed by atoms with Gasteiger partial charge >= 0.3 is 6.09 Å². The van der Waals surface area contributed by atoms with Crippen LogP contribution in [0.3, 0.4) is 0 Å². The first kappa shape index (κ1) is 19.9. The van der Waals surface area contributed by atoms with Gasteiger partial charge in [-0.3, -0.25) is 4.79 Å². The van der Waals surface area contributed by atoms with E-state index in [1.807, 2.05) is 57.8 Å². The van der Waals surface area contributed by atoms with Crippen LogP contribution < -0.4 is 10.2 Å². The van der Waals surface area contributed by atoms with Crippen molar-refractivity contribution in [2.45, 2.75) is 39.3 Å². The normalized spacial score (nSPS) is 14.5. The first-order chi connectivity index (χ1) is 13.1. The van der Waals surface area contributed by atoms with Crippen LogP contribution >= 0.6 is 0 Å². The van der Waals surface area contributed by atoms with Crippen molar-refractivity contribution in [1.29, 1.82) is 0 Å². The molecule has 2 heterocycles. The van der Waals surface area contributed by atoms with E-state index >= 15 is 0 Å². The number of nitrogens with zero attached hydrogens (tertiary/aromatic N) is 4. The number of benzene rings is 1. The van der Waals surface area contributed by atoms with E-state index in [0.29, 0.717) is 18.9 Å². The minimum atomic E-state index is -0.521. The maximum absolute atomic E-state index is 12.4. The van der Waals surface area contributed by atoms with Crippen molar-refractivity contribution in [3.8, 4) is 0 Å². The van der Waals surface area contributed by atoms with Gasteiger partial charge in [0.15, 0.2) is 0 Å². The zero-order valence-corrected chi connectivity index (χ0v) is 17.0. The Balaban J connectivity index is 1.54. The molecule has 8 nitrogen and oxygen atoms in total. The number of fused-ring (bicyclic) bond motifs is 1. The molecule has 2 aromatic rings. The molecule has 8 heteroatoms. The topological polar surface area (TPSA) is 87.7 Å². The summed E-state index contributed by atoms with van der Waals surface area (Å²) in [6, 6.07) is 5.91. The summed E-state index contributed by atoms with van der Waals surface area (Å²) in [5.41, 5.74) is 1.43. The molecule has 0 radical (unpaired) electrons. The third-order valence-corrected chi connectivity index (χ3v) is 4.41. The Morgan fingerprint density at radius 2 is 2.00 bits per heavy atom. The van der Waals surface area contributed by atoms with E-state index in [-0.39, 0.29) is 24.6 Å². The third kappa shape index (κ3) is 4.68. The summed E-state index contributed by atoms with van der Waals surface area (Å²) in [5, 5.41) is 3.87. The minimum absolute atomic E-state index is 0.0576. The summed E-state index contributed by atoms with van der Waals surface area (Å²) < 4.78 is 5.32. The van der Waals surface area contributed by atoms with Gasteiger partial charge in [-0.25, -0.2) is 14.8 Å². The molecular weight excluding hydrogens is 358 g/mol. The van der Waals surface area contributed by atoms with Gasteiger partial charge in [-0.15, -0.1) is 0 Å². The predicted octanol–water partition coefficient (Wildman–Crippen LogP) is 2.11. The van der Waals surface area contributed by atoms with Gasteiger partial charge in [-0.05, 0) is 39.8 Å². The van der Waals surface area contributed by atoms with Crippen molar-refractivity contribution >= 4 is 28.7 Å². The molecule has 0 aliphatic carbocycles. The number of hydrogen-bond acceptors (Lipinski definition) is 6. The monoisotopic (exact) mass is 385 g/mol. The lowest BCUT2D eigenvalue weighted by molar-refractivity contribution is -0.121. The van der Waals surface area contributed by atoms with E-state index in [1.165, 1.54) is 6.33 Å². The summed E-state index contributed by atoms with van der Waals surface area (Å²) in [4.78, 5) is 36.4. The van der Waals surface area contributed by atoms with Crippen LogP contribution in [0.1, 0.15) is 26.3 Å². The Bertz CT molecular complexity index is 887. The van der Waals surface area contributed by atoms with Gasteiger partial charge < -0.3 is 19.9 Å². The highest BCUT2D eigenvalue weighted by molar-refractivity contribution is 5.91. The maximum atomic E-state index is 12.4. The number of hydrogen-bond donors (Lipinski definition) is 1. The van der Waals surface area contributed by atoms with E-state index in [1.54, 1.807) is 4.90 Å². The third-order valence-electron chi connectivity index (χ3n) is 4.41. The number of rotatable bonds is 4. The van der Waals surface area contributed by atoms with Gasteiger partial charge in [0, 0.05) is 25.5 Å². The molecule has 1 aromatic heterocycles. The Labute approximate surface area is 164 Å². The fourth-order valence-electron chi connectivity index (χ4n) is 3.07. The van der Waals surface area contributed by atoms with Crippen LogP contribution in [-0.2, 0) is 9.53 Å². The van der Waals surface area contributed by atoms with Crippen molar-refractivity contribution in [2.75, 3.05) is 31.6 Å². The molecule has 1 fully saturated rings. The van der Waals surface area contributed by atoms with Crippen LogP contribution in [0, 0.1) is 6.92 Å². The van der Waals surface area contributed by atoms with Crippen LogP contribution in [0.4, 0.5) is 10.6 Å². The smallest absolute Gasteiger partial charge is 0.410 e. The van der Waals surface area contributed by atoms with Crippen molar-refractivity contribution in [3.63, 3.8) is 0 Å². The summed E-state index contributed by atoms with van der Waals surface area (Å²) in [6.45, 7) is 8.59. The Morgan fingerprint density at radius 3 is 2.68 bits per heavy atom. The molecule has 3 rings (SSSR count). The number of ether oxygens (including phenoxy) is 1. The predicted molar refractivity (Wildman–Crippen MR) is 107 cm³/mol. The zero-order valence-electron chi connectivity index (χ0n) is 17.0. The molecule has 1 saturated heterocycles. The minimum Gasteiger partial charge on any atom is -0.444 e. The number of anilines is 1. The van der Waals surface area contributed by atoms with Crippen LogP contribution in [0.2, 0.25) is 0 Å². The fraction of sp³-hybridized carbons (Fsp3) is 0.500. The molecule has 1 aromatic carbocycles. The quantitative estimate of drug-likeness (QED) is 0.867. The SMILES string of the molecule is Cc1ccc2ncnc(N(C)CC(=O)NC3CN(C(=O)OC(C)(C)C)C3)c2c1. The van der Waals surface area contributed by atoms with Crippen molar-refractivity contribution in [2.24, 2.45) is 0 Å². The number of nitrogens with one attached hydrogen (secondary N) is 1. The molecule has 0 bridgehead atoms. The number of amides is 2. The van der Waals surface area contributed by atoms with Crippen LogP contribution in [-0.4, -0.2) is 65.2 Å². The average molecular weight is 385 g/mol. The summed E-state index contributed by atoms with van der Waals surface area (Å²) in [5.74, 6) is 0.601. The molecule has 0 atom stereocenters. The average Bonchev–Trinajstić information content (AvgIpc) is 2.55. The highest BCUT2D eigenvalue weighted by atomic mass is 16.6. The van der Waals surface area contributed by atoms with E-state index in [4.69, 9.17) is 4.74 Å². The first-order valence-corrected chi connectivity index (χ1v) is 9.32. The van der Waals surface area contributed by atoms with Crippen molar-refractivity contribution in [3.05, 3.63) is 30.1 Å². The molecule has 28 heavy (non-hydrogen) atoms. The lowest BCUT2D eigenvalue weighted by Gasteiger charge is -2.40. The van der Waals surface area contributed by atoms with Gasteiger partial charge in [0.1, 0.15) is 17.7 Å². The van der Waals surface area contributed by atoms with Crippen LogP contribution in [0.25, 0.3) is 10.9 Å². The molecular formula is C20H27N5O3. The number of likely N-dealkylation sites (N-methyl/N-ethyl adjacent to an activating group) is 1. The second kappa shape index (κ2) is 7.61. The van der Waals surface area contributed by atoms with Gasteiger partial charge in [0.05, 0.1) is 18.1 Å². The number of aryl methyl sites for hydroxylation is 1. The standard InChI is InChI=1S/C20H27N5O3/c1-13-6-7-16-15(8-13)18(22-12-21-16)24(5)11-17(26)23-14-9-25(10-14)19(27)28-20(2,3)4/h6-8,12,14H,9-11H2,1-5H3,(H,23,26). The van der Waals surface area contributed by atoms with E-state index in [2.05, 4.69) is 15.3 Å². The van der Waals surface area contributed by atoms with Gasteiger partial charge in [0.2, 0.25) is 5.91 Å². The number of carbonyl (C=O) groups is 2. The molecule has 2 amide bonds. The molecule has 1 aliphatic heterocycles. The second-order valence-corrected chi connectivity index (χ2v) is 8.22. The molecule has 0 unspecified atom stereocenters. The van der Waals surface area contributed by atoms with Crippen LogP contribution in [0.5, 0.6) is 0 Å². The van der Waals surface area contributed by atoms with E-state index in [0.717, 1.165) is 16.5 Å². The Morgan fingerprint density at radius 1 is 1.29 bits per heavy atom. The number of likely N-dealkylation sites (tertiary alicyclic amines) is 1. The summed E-state index contributed by atoms with van der Waals surface area (Å²) in [6.07, 6.45) is 1.16. The second-order valence-electron chi connectivity index (χ2n) is 8.22. The van der Waals surface area contributed by atoms with E-state index < -0.39 is 5.60 Å². The maximum Gasteiger partial charge on any atom is 0.410 e. The Kier molecular flexibility index (Phi) is 5.40. The summed E-state index contributed by atoms with van der Waals surface area (Å²) >= 11 is 0. The van der Waals surface area contributed by atoms with Gasteiger partial charge in [0.25, 0.3) is 0 Å². The van der Waals surface area contributed by atoms with Gasteiger partial charge in [-0.2, -0.15) is 0 Å². The van der Waals surface area contributed by atoms with Gasteiger partial charge in [-0.1, -0.05) is 11.6 Å². The molecule has 1 N–H and O–H groups in total. The fourth-order valence-corrected chi connectivity index (χ4v) is 3.07. The lowest BCUT2D eigenvalue weighted by Crippen LogP contribution is -2.62.